The van der Waals surface area contributed by atoms with Gasteiger partial charge in [0.25, 0.3) is 0 Å². The summed E-state index contributed by atoms with van der Waals surface area (Å²) in [5.41, 5.74) is 0. The number of nitrogens with zero attached hydrogens (tertiary/aromatic N) is 5. The zero-order valence-corrected chi connectivity index (χ0v) is 13.9. The van der Waals surface area contributed by atoms with E-state index in [1.165, 1.54) is 0 Å². The zero-order chi connectivity index (χ0) is 13.9. The lowest BCUT2D eigenvalue weighted by molar-refractivity contribution is 0.633. The maximum atomic E-state index is 4.48. The van der Waals surface area contributed by atoms with E-state index in [4.69, 9.17) is 0 Å². The molecule has 2 aromatic heterocycles. The van der Waals surface area contributed by atoms with Crippen molar-refractivity contribution in [2.24, 2.45) is 0 Å². The Morgan fingerprint density at radius 2 is 1.55 bits per heavy atom. The fraction of sp³-hybridized carbons (Fsp3) is 0.308. The van der Waals surface area contributed by atoms with Crippen molar-refractivity contribution in [2.45, 2.75) is 0 Å². The van der Waals surface area contributed by atoms with E-state index in [1.54, 1.807) is 12.4 Å². The van der Waals surface area contributed by atoms with Crippen LogP contribution in [0, 0.1) is 0 Å². The summed E-state index contributed by atoms with van der Waals surface area (Å²) in [6.45, 7) is 3.61. The number of halogens is 2. The number of aromatic nitrogens is 3. The van der Waals surface area contributed by atoms with Crippen LogP contribution in [0.5, 0.6) is 0 Å². The molecule has 0 atom stereocenters. The summed E-state index contributed by atoms with van der Waals surface area (Å²) in [6, 6.07) is 3.86. The van der Waals surface area contributed by atoms with Crippen LogP contribution in [0.15, 0.2) is 39.7 Å². The second-order valence-electron chi connectivity index (χ2n) is 4.48. The molecular formula is C13H13Br2N5. The first-order valence-corrected chi connectivity index (χ1v) is 7.90. The molecule has 0 saturated carbocycles. The van der Waals surface area contributed by atoms with Crippen LogP contribution in [0.25, 0.3) is 0 Å². The van der Waals surface area contributed by atoms with Gasteiger partial charge in [0.05, 0.1) is 4.47 Å². The minimum absolute atomic E-state index is 0.801. The number of piperazine rings is 1. The van der Waals surface area contributed by atoms with E-state index in [0.717, 1.165) is 46.9 Å². The Kier molecular flexibility index (Phi) is 4.16. The van der Waals surface area contributed by atoms with Crippen molar-refractivity contribution in [1.29, 1.82) is 0 Å². The predicted octanol–water partition coefficient (Wildman–Crippen LogP) is 2.72. The number of pyridine rings is 1. The largest absolute Gasteiger partial charge is 0.352 e. The third-order valence-corrected chi connectivity index (χ3v) is 4.22. The highest BCUT2D eigenvalue weighted by Gasteiger charge is 2.21. The molecule has 1 aliphatic heterocycles. The lowest BCUT2D eigenvalue weighted by atomic mass is 10.3. The molecule has 3 rings (SSSR count). The van der Waals surface area contributed by atoms with Crippen molar-refractivity contribution in [1.82, 2.24) is 15.0 Å². The Morgan fingerprint density at radius 1 is 0.900 bits per heavy atom. The van der Waals surface area contributed by atoms with Crippen molar-refractivity contribution in [3.63, 3.8) is 0 Å². The predicted molar refractivity (Wildman–Crippen MR) is 86.1 cm³/mol. The molecule has 0 spiro atoms. The topological polar surface area (TPSA) is 45.2 Å². The number of rotatable bonds is 2. The number of hydrogen-bond acceptors (Lipinski definition) is 5. The normalized spacial score (nSPS) is 15.5. The van der Waals surface area contributed by atoms with Crippen LogP contribution in [-0.2, 0) is 0 Å². The molecule has 0 aromatic carbocycles. The van der Waals surface area contributed by atoms with Gasteiger partial charge < -0.3 is 9.80 Å². The Hall–Kier alpha value is -1.21. The van der Waals surface area contributed by atoms with Gasteiger partial charge in [-0.25, -0.2) is 15.0 Å². The fourth-order valence-electron chi connectivity index (χ4n) is 2.21. The third-order valence-electron chi connectivity index (χ3n) is 3.20. The minimum Gasteiger partial charge on any atom is -0.352 e. The second-order valence-corrected chi connectivity index (χ2v) is 6.25. The average Bonchev–Trinajstić information content (AvgIpc) is 2.48. The van der Waals surface area contributed by atoms with Crippen LogP contribution in [0.4, 0.5) is 11.8 Å². The maximum absolute atomic E-state index is 4.48. The minimum atomic E-state index is 0.801. The molecule has 1 saturated heterocycles. The van der Waals surface area contributed by atoms with Gasteiger partial charge in [-0.1, -0.05) is 0 Å². The van der Waals surface area contributed by atoms with E-state index in [-0.39, 0.29) is 0 Å². The molecule has 5 nitrogen and oxygen atoms in total. The van der Waals surface area contributed by atoms with E-state index in [2.05, 4.69) is 56.6 Å². The molecule has 104 valence electrons. The van der Waals surface area contributed by atoms with Crippen LogP contribution in [0.3, 0.4) is 0 Å². The highest BCUT2D eigenvalue weighted by molar-refractivity contribution is 9.11. The quantitative estimate of drug-likeness (QED) is 0.778. The molecular weight excluding hydrogens is 386 g/mol. The van der Waals surface area contributed by atoms with E-state index < -0.39 is 0 Å². The average molecular weight is 399 g/mol. The van der Waals surface area contributed by atoms with Crippen molar-refractivity contribution >= 4 is 43.6 Å². The van der Waals surface area contributed by atoms with Crippen molar-refractivity contribution in [2.75, 3.05) is 36.0 Å². The first kappa shape index (κ1) is 13.8. The Morgan fingerprint density at radius 3 is 2.20 bits per heavy atom. The second kappa shape index (κ2) is 6.05. The molecule has 0 unspecified atom stereocenters. The molecule has 0 N–H and O–H groups in total. The van der Waals surface area contributed by atoms with Gasteiger partial charge in [-0.3, -0.25) is 0 Å². The van der Waals surface area contributed by atoms with Gasteiger partial charge in [0, 0.05) is 49.2 Å². The Labute approximate surface area is 134 Å². The summed E-state index contributed by atoms with van der Waals surface area (Å²) >= 11 is 6.99. The molecule has 0 amide bonds. The number of anilines is 2. The molecule has 7 heteroatoms. The molecule has 20 heavy (non-hydrogen) atoms. The molecule has 0 bridgehead atoms. The fourth-order valence-corrected chi connectivity index (χ4v) is 3.45. The SMILES string of the molecule is Brc1cnc(N2CCN(c3ncccn3)CC2)c(Br)c1. The summed E-state index contributed by atoms with van der Waals surface area (Å²) in [7, 11) is 0. The molecule has 0 aliphatic carbocycles. The van der Waals surface area contributed by atoms with Gasteiger partial charge in [0.1, 0.15) is 5.82 Å². The van der Waals surface area contributed by atoms with Gasteiger partial charge in [-0.05, 0) is 44.0 Å². The lowest BCUT2D eigenvalue weighted by Crippen LogP contribution is -2.47. The highest BCUT2D eigenvalue weighted by Crippen LogP contribution is 2.27. The standard InChI is InChI=1S/C13H13Br2N5/c14-10-8-11(15)12(18-9-10)19-4-6-20(7-5-19)13-16-2-1-3-17-13/h1-3,8-9H,4-7H2. The zero-order valence-electron chi connectivity index (χ0n) is 10.7. The molecule has 0 radical (unpaired) electrons. The summed E-state index contributed by atoms with van der Waals surface area (Å²) in [6.07, 6.45) is 5.38. The molecule has 1 aliphatic rings. The Bertz CT molecular complexity index is 585. The van der Waals surface area contributed by atoms with Gasteiger partial charge in [0.2, 0.25) is 5.95 Å². The van der Waals surface area contributed by atoms with Crippen LogP contribution < -0.4 is 9.80 Å². The van der Waals surface area contributed by atoms with Gasteiger partial charge in [-0.2, -0.15) is 0 Å². The van der Waals surface area contributed by atoms with Crippen LogP contribution in [-0.4, -0.2) is 41.1 Å². The van der Waals surface area contributed by atoms with Crippen molar-refractivity contribution in [3.05, 3.63) is 39.7 Å². The summed E-state index contributed by atoms with van der Waals surface area (Å²) in [5.74, 6) is 1.79. The van der Waals surface area contributed by atoms with E-state index in [9.17, 15) is 0 Å². The molecule has 1 fully saturated rings. The summed E-state index contributed by atoms with van der Waals surface area (Å²) in [5, 5.41) is 0. The van der Waals surface area contributed by atoms with E-state index in [0.29, 0.717) is 0 Å². The lowest BCUT2D eigenvalue weighted by Gasteiger charge is -2.35. The number of hydrogen-bond donors (Lipinski definition) is 0. The summed E-state index contributed by atoms with van der Waals surface area (Å²) < 4.78 is 1.99. The highest BCUT2D eigenvalue weighted by atomic mass is 79.9. The smallest absolute Gasteiger partial charge is 0.225 e. The van der Waals surface area contributed by atoms with Crippen LogP contribution in [0.2, 0.25) is 0 Å². The van der Waals surface area contributed by atoms with E-state index >= 15 is 0 Å². The first-order valence-electron chi connectivity index (χ1n) is 6.32. The maximum Gasteiger partial charge on any atom is 0.225 e. The summed E-state index contributed by atoms with van der Waals surface area (Å²) in [4.78, 5) is 17.5. The first-order chi connectivity index (χ1) is 9.74. The molecule has 2 aromatic rings. The van der Waals surface area contributed by atoms with Crippen LogP contribution >= 0.6 is 31.9 Å². The Balaban J connectivity index is 1.69. The van der Waals surface area contributed by atoms with E-state index in [1.807, 2.05) is 18.3 Å². The van der Waals surface area contributed by atoms with Crippen molar-refractivity contribution < 1.29 is 0 Å². The van der Waals surface area contributed by atoms with Crippen LogP contribution in [0.1, 0.15) is 0 Å². The third kappa shape index (κ3) is 2.93. The monoisotopic (exact) mass is 397 g/mol. The molecule has 3 heterocycles. The van der Waals surface area contributed by atoms with Gasteiger partial charge in [0.15, 0.2) is 0 Å². The van der Waals surface area contributed by atoms with Crippen molar-refractivity contribution in [3.8, 4) is 0 Å². The van der Waals surface area contributed by atoms with Gasteiger partial charge in [-0.15, -0.1) is 0 Å². The van der Waals surface area contributed by atoms with Gasteiger partial charge >= 0.3 is 0 Å².